The second-order valence-corrected chi connectivity index (χ2v) is 2.62. The van der Waals surface area contributed by atoms with Gasteiger partial charge in [0.2, 0.25) is 5.89 Å². The highest BCUT2D eigenvalue weighted by Crippen LogP contribution is 2.27. The molecule has 0 aliphatic rings. The van der Waals surface area contributed by atoms with E-state index < -0.39 is 11.9 Å². The Morgan fingerprint density at radius 1 is 1.07 bits per heavy atom. The van der Waals surface area contributed by atoms with Gasteiger partial charge in [0.25, 0.3) is 0 Å². The third-order valence-corrected chi connectivity index (χ3v) is 1.59. The van der Waals surface area contributed by atoms with Crippen molar-refractivity contribution in [3.8, 4) is 11.6 Å². The third-order valence-electron chi connectivity index (χ3n) is 1.59. The summed E-state index contributed by atoms with van der Waals surface area (Å²) in [4.78, 5) is 10.5. The van der Waals surface area contributed by atoms with Crippen LogP contribution in [0.5, 0.6) is 0 Å². The minimum Gasteiger partial charge on any atom is -0.443 e. The summed E-state index contributed by atoms with van der Waals surface area (Å²) < 4.78 is 41.2. The zero-order chi connectivity index (χ0) is 10.9. The van der Waals surface area contributed by atoms with Crippen LogP contribution in [0.3, 0.4) is 0 Å². The largest absolute Gasteiger partial charge is 0.443 e. The molecular formula is C8H4F3N3O. The van der Waals surface area contributed by atoms with Gasteiger partial charge in [0.05, 0.1) is 18.6 Å². The molecule has 0 spiro atoms. The molecule has 2 rings (SSSR count). The Labute approximate surface area is 81.8 Å². The lowest BCUT2D eigenvalue weighted by Crippen LogP contribution is -2.08. The Bertz CT molecular complexity index is 435. The molecule has 2 aromatic rings. The predicted octanol–water partition coefficient (Wildman–Crippen LogP) is 2.15. The molecule has 0 bridgehead atoms. The van der Waals surface area contributed by atoms with Crippen molar-refractivity contribution in [2.75, 3.05) is 0 Å². The van der Waals surface area contributed by atoms with Crippen molar-refractivity contribution in [3.63, 3.8) is 0 Å². The number of oxazole rings is 1. The Balaban J connectivity index is 2.33. The van der Waals surface area contributed by atoms with E-state index in [1.807, 2.05) is 0 Å². The normalized spacial score (nSPS) is 11.7. The zero-order valence-electron chi connectivity index (χ0n) is 7.19. The van der Waals surface area contributed by atoms with Crippen LogP contribution in [0.15, 0.2) is 29.3 Å². The van der Waals surface area contributed by atoms with Gasteiger partial charge in [-0.25, -0.2) is 15.0 Å². The highest BCUT2D eigenvalue weighted by Gasteiger charge is 2.32. The van der Waals surface area contributed by atoms with Crippen molar-refractivity contribution in [3.05, 3.63) is 30.5 Å². The Morgan fingerprint density at radius 2 is 1.87 bits per heavy atom. The summed E-state index contributed by atoms with van der Waals surface area (Å²) >= 11 is 0. The standard InChI is InChI=1S/C8H4F3N3O/c9-8(10,11)6-4-13-5(3-14-6)7-12-1-2-15-7/h1-4H. The van der Waals surface area contributed by atoms with Crippen LogP contribution in [-0.4, -0.2) is 15.0 Å². The SMILES string of the molecule is FC(F)(F)c1cnc(-c2ncco2)cn1. The highest BCUT2D eigenvalue weighted by atomic mass is 19.4. The van der Waals surface area contributed by atoms with E-state index in [0.717, 1.165) is 6.20 Å². The monoisotopic (exact) mass is 215 g/mol. The molecule has 0 aliphatic heterocycles. The zero-order valence-corrected chi connectivity index (χ0v) is 7.19. The number of rotatable bonds is 1. The fourth-order valence-electron chi connectivity index (χ4n) is 0.935. The molecule has 0 aliphatic carbocycles. The van der Waals surface area contributed by atoms with Gasteiger partial charge < -0.3 is 4.42 Å². The molecule has 0 amide bonds. The predicted molar refractivity (Wildman–Crippen MR) is 42.5 cm³/mol. The van der Waals surface area contributed by atoms with Crippen molar-refractivity contribution in [1.29, 1.82) is 0 Å². The lowest BCUT2D eigenvalue weighted by Gasteiger charge is -2.03. The van der Waals surface area contributed by atoms with Crippen LogP contribution in [0.2, 0.25) is 0 Å². The Hall–Kier alpha value is -1.92. The molecule has 0 N–H and O–H groups in total. The number of hydrogen-bond acceptors (Lipinski definition) is 4. The van der Waals surface area contributed by atoms with Crippen LogP contribution in [-0.2, 0) is 6.18 Å². The topological polar surface area (TPSA) is 51.8 Å². The molecule has 4 nitrogen and oxygen atoms in total. The number of halogens is 3. The van der Waals surface area contributed by atoms with Crippen molar-refractivity contribution in [2.24, 2.45) is 0 Å². The lowest BCUT2D eigenvalue weighted by molar-refractivity contribution is -0.141. The quantitative estimate of drug-likeness (QED) is 0.731. The highest BCUT2D eigenvalue weighted by molar-refractivity contribution is 5.43. The third kappa shape index (κ3) is 1.95. The molecule has 2 aromatic heterocycles. The average Bonchev–Trinajstić information content (AvgIpc) is 2.69. The van der Waals surface area contributed by atoms with E-state index in [0.29, 0.717) is 6.20 Å². The van der Waals surface area contributed by atoms with Gasteiger partial charge in [-0.2, -0.15) is 13.2 Å². The molecule has 7 heteroatoms. The first-order valence-electron chi connectivity index (χ1n) is 3.86. The first kappa shape index (κ1) is 9.63. The van der Waals surface area contributed by atoms with Gasteiger partial charge in [-0.1, -0.05) is 0 Å². The summed E-state index contributed by atoms with van der Waals surface area (Å²) in [6, 6.07) is 0. The molecule has 0 saturated heterocycles. The van der Waals surface area contributed by atoms with Crippen LogP contribution in [0.1, 0.15) is 5.69 Å². The molecule has 0 saturated carbocycles. The lowest BCUT2D eigenvalue weighted by atomic mass is 10.4. The molecule has 0 aromatic carbocycles. The molecule has 78 valence electrons. The molecule has 2 heterocycles. The van der Waals surface area contributed by atoms with Gasteiger partial charge in [0, 0.05) is 0 Å². The van der Waals surface area contributed by atoms with E-state index in [1.165, 1.54) is 12.5 Å². The minimum atomic E-state index is -4.48. The fraction of sp³-hybridized carbons (Fsp3) is 0.125. The van der Waals surface area contributed by atoms with E-state index in [2.05, 4.69) is 15.0 Å². The van der Waals surface area contributed by atoms with Gasteiger partial charge in [-0.3, -0.25) is 0 Å². The van der Waals surface area contributed by atoms with E-state index in [-0.39, 0.29) is 11.6 Å². The average molecular weight is 215 g/mol. The maximum Gasteiger partial charge on any atom is 0.434 e. The Kier molecular flexibility index (Phi) is 2.14. The second-order valence-electron chi connectivity index (χ2n) is 2.62. The summed E-state index contributed by atoms with van der Waals surface area (Å²) in [6.45, 7) is 0. The first-order valence-corrected chi connectivity index (χ1v) is 3.86. The molecule has 0 fully saturated rings. The van der Waals surface area contributed by atoms with E-state index in [1.54, 1.807) is 0 Å². The van der Waals surface area contributed by atoms with Crippen molar-refractivity contribution < 1.29 is 17.6 Å². The van der Waals surface area contributed by atoms with Crippen molar-refractivity contribution in [2.45, 2.75) is 6.18 Å². The van der Waals surface area contributed by atoms with Gasteiger partial charge in [0.15, 0.2) is 5.69 Å². The summed E-state index contributed by atoms with van der Waals surface area (Å²) in [5.74, 6) is 0.135. The maximum atomic E-state index is 12.1. The van der Waals surface area contributed by atoms with Crippen molar-refractivity contribution in [1.82, 2.24) is 15.0 Å². The van der Waals surface area contributed by atoms with E-state index in [4.69, 9.17) is 4.42 Å². The van der Waals surface area contributed by atoms with Gasteiger partial charge >= 0.3 is 6.18 Å². The maximum absolute atomic E-state index is 12.1. The molecule has 15 heavy (non-hydrogen) atoms. The van der Waals surface area contributed by atoms with Crippen LogP contribution in [0.25, 0.3) is 11.6 Å². The van der Waals surface area contributed by atoms with Crippen LogP contribution < -0.4 is 0 Å². The summed E-state index contributed by atoms with van der Waals surface area (Å²) in [7, 11) is 0. The summed E-state index contributed by atoms with van der Waals surface area (Å²) in [6.07, 6.45) is -0.209. The van der Waals surface area contributed by atoms with Gasteiger partial charge in [0.1, 0.15) is 12.0 Å². The molecular weight excluding hydrogens is 211 g/mol. The first-order chi connectivity index (χ1) is 7.07. The fourth-order valence-corrected chi connectivity index (χ4v) is 0.935. The molecule has 0 unspecified atom stereocenters. The van der Waals surface area contributed by atoms with Crippen LogP contribution in [0.4, 0.5) is 13.2 Å². The van der Waals surface area contributed by atoms with Gasteiger partial charge in [-0.15, -0.1) is 0 Å². The Morgan fingerprint density at radius 3 is 2.33 bits per heavy atom. The number of hydrogen-bond donors (Lipinski definition) is 0. The number of nitrogens with zero attached hydrogens (tertiary/aromatic N) is 3. The van der Waals surface area contributed by atoms with Gasteiger partial charge in [-0.05, 0) is 0 Å². The number of aromatic nitrogens is 3. The van der Waals surface area contributed by atoms with Crippen molar-refractivity contribution >= 4 is 0 Å². The second kappa shape index (κ2) is 3.34. The van der Waals surface area contributed by atoms with Crippen LogP contribution in [0, 0.1) is 0 Å². The van der Waals surface area contributed by atoms with E-state index in [9.17, 15) is 13.2 Å². The summed E-state index contributed by atoms with van der Waals surface area (Å²) in [5.41, 5.74) is -0.884. The van der Waals surface area contributed by atoms with E-state index >= 15 is 0 Å². The minimum absolute atomic E-state index is 0.135. The number of alkyl halides is 3. The molecule has 0 atom stereocenters. The molecule has 0 radical (unpaired) electrons. The van der Waals surface area contributed by atoms with Crippen LogP contribution >= 0.6 is 0 Å². The smallest absolute Gasteiger partial charge is 0.434 e. The summed E-state index contributed by atoms with van der Waals surface area (Å²) in [5, 5.41) is 0.